The van der Waals surface area contributed by atoms with E-state index in [0.717, 1.165) is 4.31 Å². The summed E-state index contributed by atoms with van der Waals surface area (Å²) < 4.78 is 33.1. The highest BCUT2D eigenvalue weighted by molar-refractivity contribution is 7.98. The lowest BCUT2D eigenvalue weighted by molar-refractivity contribution is -0.136. The first-order valence-corrected chi connectivity index (χ1v) is 15.4. The van der Waals surface area contributed by atoms with Gasteiger partial charge in [0.25, 0.3) is 0 Å². The Morgan fingerprint density at radius 3 is 2.50 bits per heavy atom. The van der Waals surface area contributed by atoms with Crippen LogP contribution >= 0.6 is 11.8 Å². The third-order valence-corrected chi connectivity index (χ3v) is 9.71. The number of benzene rings is 2. The molecule has 2 heterocycles. The fourth-order valence-electron chi connectivity index (χ4n) is 4.60. The molecule has 0 aromatic heterocycles. The lowest BCUT2D eigenvalue weighted by Gasteiger charge is -2.28. The number of hydrogen-bond acceptors (Lipinski definition) is 8. The first-order chi connectivity index (χ1) is 19.1. The van der Waals surface area contributed by atoms with Gasteiger partial charge in [0.05, 0.1) is 10.5 Å². The van der Waals surface area contributed by atoms with E-state index in [1.54, 1.807) is 56.6 Å². The Morgan fingerprint density at radius 1 is 1.07 bits per heavy atom. The van der Waals surface area contributed by atoms with Crippen molar-refractivity contribution >= 4 is 45.5 Å². The van der Waals surface area contributed by atoms with Gasteiger partial charge in [-0.2, -0.15) is 16.1 Å². The molecular formula is C27H32N4O7S2. The number of rotatable bonds is 5. The second-order valence-electron chi connectivity index (χ2n) is 9.71. The summed E-state index contributed by atoms with van der Waals surface area (Å²) in [5.74, 6) is -1.73. The summed E-state index contributed by atoms with van der Waals surface area (Å²) in [4.78, 5) is 53.9. The van der Waals surface area contributed by atoms with Crippen molar-refractivity contribution in [3.63, 3.8) is 0 Å². The molecule has 2 aromatic carbocycles. The predicted octanol–water partition coefficient (Wildman–Crippen LogP) is 1.00. The average molecular weight is 589 g/mol. The zero-order valence-electron chi connectivity index (χ0n) is 22.2. The minimum absolute atomic E-state index is 0.0635. The molecule has 2 aromatic rings. The summed E-state index contributed by atoms with van der Waals surface area (Å²) in [6, 6.07) is 11.4. The van der Waals surface area contributed by atoms with Crippen molar-refractivity contribution in [2.24, 2.45) is 0 Å². The van der Waals surface area contributed by atoms with Gasteiger partial charge in [-0.05, 0) is 36.6 Å². The quantitative estimate of drug-likeness (QED) is 0.493. The van der Waals surface area contributed by atoms with Gasteiger partial charge >= 0.3 is 5.97 Å². The number of fused-ring (bicyclic) bond motifs is 1. The number of sulfonamides is 1. The minimum Gasteiger partial charge on any atom is -0.459 e. The van der Waals surface area contributed by atoms with Gasteiger partial charge in [-0.25, -0.2) is 13.2 Å². The fraction of sp³-hybridized carbons (Fsp3) is 0.407. The van der Waals surface area contributed by atoms with Gasteiger partial charge in [0.2, 0.25) is 27.7 Å². The van der Waals surface area contributed by atoms with E-state index in [2.05, 4.69) is 10.6 Å². The van der Waals surface area contributed by atoms with Crippen LogP contribution in [0.25, 0.3) is 0 Å². The van der Waals surface area contributed by atoms with Gasteiger partial charge < -0.3 is 20.3 Å². The van der Waals surface area contributed by atoms with Crippen LogP contribution in [0, 0.1) is 0 Å². The molecule has 13 heteroatoms. The SMILES string of the molecule is CN(C)C(=O)[C@H]1CSCc2ccccc2C(=O)OC[C@@H](NC(=O)[C@@H]2CCCN2S(=O)(=O)c2ccccc2)C(=O)N1. The van der Waals surface area contributed by atoms with Crippen molar-refractivity contribution in [1.29, 1.82) is 0 Å². The first kappa shape index (κ1) is 29.6. The van der Waals surface area contributed by atoms with Crippen LogP contribution in [0.5, 0.6) is 0 Å². The van der Waals surface area contributed by atoms with Gasteiger partial charge in [0.15, 0.2) is 0 Å². The lowest BCUT2D eigenvalue weighted by Crippen LogP contribution is -2.58. The molecule has 40 heavy (non-hydrogen) atoms. The molecule has 11 nitrogen and oxygen atoms in total. The minimum atomic E-state index is -3.96. The van der Waals surface area contributed by atoms with Crippen LogP contribution in [0.3, 0.4) is 0 Å². The summed E-state index contributed by atoms with van der Waals surface area (Å²) in [5, 5.41) is 5.26. The number of carbonyl (C=O) groups is 4. The Kier molecular flexibility index (Phi) is 9.48. The van der Waals surface area contributed by atoms with Crippen LogP contribution in [-0.2, 0) is 34.9 Å². The van der Waals surface area contributed by atoms with Gasteiger partial charge in [0.1, 0.15) is 24.7 Å². The van der Waals surface area contributed by atoms with E-state index in [4.69, 9.17) is 4.74 Å². The molecule has 214 valence electrons. The number of esters is 1. The second kappa shape index (κ2) is 12.8. The van der Waals surface area contributed by atoms with Gasteiger partial charge in [-0.1, -0.05) is 36.4 Å². The average Bonchev–Trinajstić information content (AvgIpc) is 3.45. The number of thioether (sulfide) groups is 1. The van der Waals surface area contributed by atoms with Crippen LogP contribution in [0.2, 0.25) is 0 Å². The van der Waals surface area contributed by atoms with Crippen LogP contribution in [-0.4, -0.2) is 92.4 Å². The summed E-state index contributed by atoms with van der Waals surface area (Å²) in [5.41, 5.74) is 1.04. The van der Waals surface area contributed by atoms with Crippen LogP contribution < -0.4 is 10.6 Å². The topological polar surface area (TPSA) is 142 Å². The third kappa shape index (κ3) is 6.65. The molecule has 0 bridgehead atoms. The molecule has 1 saturated heterocycles. The Labute approximate surface area is 237 Å². The number of hydrogen-bond donors (Lipinski definition) is 2. The van der Waals surface area contributed by atoms with Crippen molar-refractivity contribution in [2.45, 2.75) is 41.6 Å². The zero-order chi connectivity index (χ0) is 28.9. The molecule has 1 fully saturated rings. The van der Waals surface area contributed by atoms with Crippen molar-refractivity contribution < 1.29 is 32.3 Å². The molecule has 0 unspecified atom stereocenters. The van der Waals surface area contributed by atoms with E-state index >= 15 is 0 Å². The maximum Gasteiger partial charge on any atom is 0.338 e. The number of likely N-dealkylation sites (N-methyl/N-ethyl adjacent to an activating group) is 1. The molecule has 2 N–H and O–H groups in total. The van der Waals surface area contributed by atoms with Crippen molar-refractivity contribution in [3.8, 4) is 0 Å². The van der Waals surface area contributed by atoms with Gasteiger partial charge in [-0.15, -0.1) is 0 Å². The highest BCUT2D eigenvalue weighted by Crippen LogP contribution is 2.26. The Balaban J connectivity index is 1.58. The lowest BCUT2D eigenvalue weighted by atomic mass is 10.1. The van der Waals surface area contributed by atoms with Crippen LogP contribution in [0.1, 0.15) is 28.8 Å². The summed E-state index contributed by atoms with van der Waals surface area (Å²) in [7, 11) is -0.804. The number of ether oxygens (including phenoxy) is 1. The third-order valence-electron chi connectivity index (χ3n) is 6.70. The van der Waals surface area contributed by atoms with Crippen LogP contribution in [0.4, 0.5) is 0 Å². The number of nitrogens with zero attached hydrogens (tertiary/aromatic N) is 2. The maximum absolute atomic E-state index is 13.4. The van der Waals surface area contributed by atoms with Crippen molar-refractivity contribution in [3.05, 3.63) is 65.7 Å². The normalized spacial score (nSPS) is 22.6. The highest BCUT2D eigenvalue weighted by atomic mass is 32.2. The highest BCUT2D eigenvalue weighted by Gasteiger charge is 2.41. The zero-order valence-corrected chi connectivity index (χ0v) is 23.9. The molecule has 0 spiro atoms. The number of nitrogens with one attached hydrogen (secondary N) is 2. The van der Waals surface area contributed by atoms with E-state index in [-0.39, 0.29) is 29.5 Å². The first-order valence-electron chi connectivity index (χ1n) is 12.8. The largest absolute Gasteiger partial charge is 0.459 e. The number of amides is 3. The monoisotopic (exact) mass is 588 g/mol. The molecule has 4 rings (SSSR count). The van der Waals surface area contributed by atoms with E-state index < -0.39 is 52.5 Å². The van der Waals surface area contributed by atoms with Gasteiger partial charge in [0, 0.05) is 32.1 Å². The van der Waals surface area contributed by atoms with Crippen LogP contribution in [0.15, 0.2) is 59.5 Å². The Bertz CT molecular complexity index is 1370. The summed E-state index contributed by atoms with van der Waals surface area (Å²) >= 11 is 1.37. The Hall–Kier alpha value is -3.42. The number of cyclic esters (lactones) is 1. The van der Waals surface area contributed by atoms with E-state index in [1.165, 1.54) is 28.8 Å². The van der Waals surface area contributed by atoms with E-state index in [1.807, 2.05) is 0 Å². The molecule has 0 radical (unpaired) electrons. The molecule has 3 atom stereocenters. The molecule has 0 aliphatic carbocycles. The van der Waals surface area contributed by atoms with Crippen molar-refractivity contribution in [1.82, 2.24) is 19.8 Å². The maximum atomic E-state index is 13.4. The molecule has 2 aliphatic rings. The molecular weight excluding hydrogens is 556 g/mol. The second-order valence-corrected chi connectivity index (χ2v) is 12.6. The standard InChI is InChI=1S/C27H32N4O7S2/c1-30(2)26(34)22-17-39-16-18-9-6-7-12-20(18)27(35)38-15-21(24(32)29-22)28-25(33)23-13-8-14-31(23)40(36,37)19-10-4-3-5-11-19/h3-7,9-12,21-23H,8,13-17H2,1-2H3,(H,28,33)(H,29,32)/t21-,22-,23+/m1/s1. The smallest absolute Gasteiger partial charge is 0.338 e. The fourth-order valence-corrected chi connectivity index (χ4v) is 7.32. The summed E-state index contributed by atoms with van der Waals surface area (Å²) in [6.45, 7) is -0.354. The molecule has 2 aliphatic heterocycles. The van der Waals surface area contributed by atoms with Gasteiger partial charge in [-0.3, -0.25) is 14.4 Å². The summed E-state index contributed by atoms with van der Waals surface area (Å²) in [6.07, 6.45) is 0.723. The predicted molar refractivity (Wildman–Crippen MR) is 149 cm³/mol. The molecule has 3 amide bonds. The molecule has 0 saturated carbocycles. The van der Waals surface area contributed by atoms with E-state index in [0.29, 0.717) is 23.3 Å². The Morgan fingerprint density at radius 2 is 1.77 bits per heavy atom. The van der Waals surface area contributed by atoms with E-state index in [9.17, 15) is 27.6 Å². The van der Waals surface area contributed by atoms with Crippen molar-refractivity contribution in [2.75, 3.05) is 33.0 Å². The number of carbonyl (C=O) groups excluding carboxylic acids is 4.